The summed E-state index contributed by atoms with van der Waals surface area (Å²) < 4.78 is 34.2. The van der Waals surface area contributed by atoms with Gasteiger partial charge in [-0.1, -0.05) is 12.1 Å². The van der Waals surface area contributed by atoms with Crippen LogP contribution >= 0.6 is 12.4 Å². The van der Waals surface area contributed by atoms with E-state index in [0.717, 1.165) is 16.9 Å². The second kappa shape index (κ2) is 9.72. The minimum absolute atomic E-state index is 0. The summed E-state index contributed by atoms with van der Waals surface area (Å²) >= 11 is 0. The van der Waals surface area contributed by atoms with Gasteiger partial charge in [0, 0.05) is 24.5 Å². The molecule has 0 radical (unpaired) electrons. The van der Waals surface area contributed by atoms with Gasteiger partial charge in [0.25, 0.3) is 10.0 Å². The maximum absolute atomic E-state index is 12.5. The topological polar surface area (TPSA) is 84.2 Å². The van der Waals surface area contributed by atoms with E-state index in [2.05, 4.69) is 14.5 Å². The van der Waals surface area contributed by atoms with Gasteiger partial charge in [-0.05, 0) is 66.1 Å². The van der Waals surface area contributed by atoms with Crippen LogP contribution in [0.25, 0.3) is 0 Å². The highest BCUT2D eigenvalue weighted by Gasteiger charge is 2.31. The lowest BCUT2D eigenvalue weighted by molar-refractivity contribution is 0.415. The third-order valence-electron chi connectivity index (χ3n) is 4.68. The van der Waals surface area contributed by atoms with E-state index >= 15 is 0 Å². The lowest BCUT2D eigenvalue weighted by atomic mass is 10.1. The van der Waals surface area contributed by atoms with E-state index in [9.17, 15) is 8.42 Å². The standard InChI is InChI=1S/C22H20N4O3S.ClH/c1-29-19-8-6-18(7-9-19)16-24-26(15-12-17-10-13-23-14-11-17)22-20-4-2-3-5-21(20)30(27,28)25-22;/h2-11,13-14,16H,12,15H2,1H3;1H. The number of amidine groups is 1. The van der Waals surface area contributed by atoms with Crippen LogP contribution in [0, 0.1) is 0 Å². The predicted molar refractivity (Wildman–Crippen MR) is 123 cm³/mol. The minimum Gasteiger partial charge on any atom is -0.497 e. The van der Waals surface area contributed by atoms with Crippen LogP contribution in [-0.2, 0) is 16.4 Å². The van der Waals surface area contributed by atoms with Crippen molar-refractivity contribution in [3.05, 3.63) is 89.7 Å². The maximum Gasteiger partial charge on any atom is 0.285 e. The monoisotopic (exact) mass is 456 g/mol. The number of ether oxygens (including phenoxy) is 1. The molecule has 160 valence electrons. The first kappa shape index (κ1) is 22.5. The van der Waals surface area contributed by atoms with Crippen molar-refractivity contribution >= 4 is 34.5 Å². The Hall–Kier alpha value is -3.23. The summed E-state index contributed by atoms with van der Waals surface area (Å²) in [5.41, 5.74) is 2.49. The molecule has 3 aromatic rings. The molecular weight excluding hydrogens is 436 g/mol. The first-order chi connectivity index (χ1) is 14.6. The number of methoxy groups -OCH3 is 1. The molecule has 1 aliphatic rings. The molecule has 0 N–H and O–H groups in total. The Morgan fingerprint density at radius 3 is 2.45 bits per heavy atom. The molecule has 1 aliphatic heterocycles. The third-order valence-corrected chi connectivity index (χ3v) is 6.01. The highest BCUT2D eigenvalue weighted by atomic mass is 35.5. The maximum atomic E-state index is 12.5. The Morgan fingerprint density at radius 2 is 1.74 bits per heavy atom. The number of hydrogen-bond acceptors (Lipinski definition) is 6. The van der Waals surface area contributed by atoms with Crippen LogP contribution in [-0.4, -0.2) is 44.1 Å². The average Bonchev–Trinajstić information content (AvgIpc) is 3.06. The number of benzene rings is 2. The second-order valence-electron chi connectivity index (χ2n) is 6.63. The van der Waals surface area contributed by atoms with Crippen molar-refractivity contribution in [2.24, 2.45) is 9.50 Å². The normalized spacial score (nSPS) is 13.9. The van der Waals surface area contributed by atoms with Crippen LogP contribution in [0.5, 0.6) is 5.75 Å². The fourth-order valence-corrected chi connectivity index (χ4v) is 4.31. The van der Waals surface area contributed by atoms with Crippen molar-refractivity contribution in [2.45, 2.75) is 11.3 Å². The number of nitrogens with zero attached hydrogens (tertiary/aromatic N) is 4. The molecule has 4 rings (SSSR count). The molecule has 0 saturated carbocycles. The molecule has 0 saturated heterocycles. The van der Waals surface area contributed by atoms with Crippen LogP contribution in [0.2, 0.25) is 0 Å². The van der Waals surface area contributed by atoms with Gasteiger partial charge < -0.3 is 4.74 Å². The van der Waals surface area contributed by atoms with Crippen molar-refractivity contribution in [3.63, 3.8) is 0 Å². The fraction of sp³-hybridized carbons (Fsp3) is 0.136. The number of halogens is 1. The molecule has 0 amide bonds. The fourth-order valence-electron chi connectivity index (χ4n) is 3.10. The number of sulfonamides is 1. The van der Waals surface area contributed by atoms with Gasteiger partial charge in [0.1, 0.15) is 10.6 Å². The molecule has 0 fully saturated rings. The summed E-state index contributed by atoms with van der Waals surface area (Å²) in [6, 6.07) is 18.1. The summed E-state index contributed by atoms with van der Waals surface area (Å²) in [5.74, 6) is 1.08. The molecule has 9 heteroatoms. The zero-order chi connectivity index (χ0) is 21.0. The van der Waals surface area contributed by atoms with E-state index in [1.165, 1.54) is 0 Å². The number of pyridine rings is 1. The Morgan fingerprint density at radius 1 is 1.03 bits per heavy atom. The Labute approximate surface area is 187 Å². The van der Waals surface area contributed by atoms with Gasteiger partial charge in [-0.15, -0.1) is 16.8 Å². The van der Waals surface area contributed by atoms with E-state index in [1.807, 2.05) is 36.4 Å². The Bertz CT molecular complexity index is 1200. The van der Waals surface area contributed by atoms with Crippen LogP contribution in [0.1, 0.15) is 16.7 Å². The molecule has 0 bridgehead atoms. The lowest BCUT2D eigenvalue weighted by Crippen LogP contribution is -2.28. The van der Waals surface area contributed by atoms with E-state index < -0.39 is 10.0 Å². The number of fused-ring (bicyclic) bond motifs is 1. The van der Waals surface area contributed by atoms with E-state index in [-0.39, 0.29) is 17.3 Å². The quantitative estimate of drug-likeness (QED) is 0.418. The molecule has 2 aromatic carbocycles. The van der Waals surface area contributed by atoms with Crippen LogP contribution in [0.3, 0.4) is 0 Å². The van der Waals surface area contributed by atoms with Crippen molar-refractivity contribution < 1.29 is 13.2 Å². The zero-order valence-electron chi connectivity index (χ0n) is 16.7. The molecule has 0 atom stereocenters. The first-order valence-electron chi connectivity index (χ1n) is 9.36. The predicted octanol–water partition coefficient (Wildman–Crippen LogP) is 3.54. The molecule has 1 aromatic heterocycles. The highest BCUT2D eigenvalue weighted by Crippen LogP contribution is 2.27. The second-order valence-corrected chi connectivity index (χ2v) is 8.20. The summed E-state index contributed by atoms with van der Waals surface area (Å²) in [7, 11) is -2.12. The molecule has 0 unspecified atom stereocenters. The summed E-state index contributed by atoms with van der Waals surface area (Å²) in [6.07, 6.45) is 5.80. The Balaban J connectivity index is 0.00000272. The van der Waals surface area contributed by atoms with Crippen LogP contribution in [0.4, 0.5) is 0 Å². The molecule has 0 spiro atoms. The minimum atomic E-state index is -3.73. The molecule has 7 nitrogen and oxygen atoms in total. The van der Waals surface area contributed by atoms with Gasteiger partial charge in [0.15, 0.2) is 5.84 Å². The van der Waals surface area contributed by atoms with Crippen molar-refractivity contribution in [3.8, 4) is 5.75 Å². The van der Waals surface area contributed by atoms with Gasteiger partial charge in [0.05, 0.1) is 13.3 Å². The van der Waals surface area contributed by atoms with Gasteiger partial charge in [0.2, 0.25) is 0 Å². The Kier molecular flexibility index (Phi) is 7.04. The van der Waals surface area contributed by atoms with Crippen molar-refractivity contribution in [1.29, 1.82) is 0 Å². The summed E-state index contributed by atoms with van der Waals surface area (Å²) in [4.78, 5) is 4.23. The van der Waals surface area contributed by atoms with E-state index in [0.29, 0.717) is 24.4 Å². The zero-order valence-corrected chi connectivity index (χ0v) is 18.4. The molecule has 0 aliphatic carbocycles. The van der Waals surface area contributed by atoms with E-state index in [1.54, 1.807) is 55.0 Å². The van der Waals surface area contributed by atoms with Crippen LogP contribution < -0.4 is 4.74 Å². The van der Waals surface area contributed by atoms with E-state index in [4.69, 9.17) is 4.74 Å². The lowest BCUT2D eigenvalue weighted by Gasteiger charge is -2.19. The van der Waals surface area contributed by atoms with Gasteiger partial charge >= 0.3 is 0 Å². The molecule has 2 heterocycles. The SMILES string of the molecule is COc1ccc(C=NN(CCc2ccncc2)C2=NS(=O)(=O)c3ccccc32)cc1.Cl. The number of hydrogen-bond donors (Lipinski definition) is 0. The number of aromatic nitrogens is 1. The number of hydrazone groups is 1. The third kappa shape index (κ3) is 5.10. The van der Waals surface area contributed by atoms with Gasteiger partial charge in [-0.3, -0.25) is 4.98 Å². The highest BCUT2D eigenvalue weighted by molar-refractivity contribution is 7.90. The largest absolute Gasteiger partial charge is 0.497 e. The van der Waals surface area contributed by atoms with Gasteiger partial charge in [-0.2, -0.15) is 13.5 Å². The molecule has 31 heavy (non-hydrogen) atoms. The van der Waals surface area contributed by atoms with Crippen molar-refractivity contribution in [1.82, 2.24) is 9.99 Å². The smallest absolute Gasteiger partial charge is 0.285 e. The summed E-state index contributed by atoms with van der Waals surface area (Å²) in [6.45, 7) is 0.458. The van der Waals surface area contributed by atoms with Crippen LogP contribution in [0.15, 0.2) is 87.5 Å². The molecular formula is C22H21ClN4O3S. The number of rotatable bonds is 6. The van der Waals surface area contributed by atoms with Crippen molar-refractivity contribution in [2.75, 3.05) is 13.7 Å². The first-order valence-corrected chi connectivity index (χ1v) is 10.8. The summed E-state index contributed by atoms with van der Waals surface area (Å²) in [5, 5.41) is 6.20. The van der Waals surface area contributed by atoms with Gasteiger partial charge in [-0.25, -0.2) is 5.01 Å². The average molecular weight is 457 g/mol.